The zero-order valence-corrected chi connectivity index (χ0v) is 11.0. The van der Waals surface area contributed by atoms with E-state index in [9.17, 15) is 9.59 Å². The Morgan fingerprint density at radius 2 is 1.47 bits per heavy atom. The molecule has 0 aromatic rings. The van der Waals surface area contributed by atoms with Gasteiger partial charge in [0.15, 0.2) is 0 Å². The van der Waals surface area contributed by atoms with Crippen LogP contribution in [-0.2, 0) is 9.47 Å². The van der Waals surface area contributed by atoms with E-state index in [1.165, 1.54) is 0 Å². The second-order valence-corrected chi connectivity index (χ2v) is 3.69. The number of carbonyl (C=O) groups is 2. The maximum atomic E-state index is 11.2. The molecule has 6 nitrogen and oxygen atoms in total. The highest BCUT2D eigenvalue weighted by Crippen LogP contribution is 2.06. The smallest absolute Gasteiger partial charge is 0.408 e. The molecule has 7 heteroatoms. The van der Waals surface area contributed by atoms with Gasteiger partial charge in [0.2, 0.25) is 0 Å². The normalized spacial score (nSPS) is 11.8. The van der Waals surface area contributed by atoms with Crippen LogP contribution in [0, 0.1) is 0 Å². The summed E-state index contributed by atoms with van der Waals surface area (Å²) in [7, 11) is 0. The van der Waals surface area contributed by atoms with Gasteiger partial charge in [0.25, 0.3) is 0 Å². The van der Waals surface area contributed by atoms with Crippen molar-refractivity contribution in [1.82, 2.24) is 10.6 Å². The van der Waals surface area contributed by atoms with E-state index in [4.69, 9.17) is 21.1 Å². The van der Waals surface area contributed by atoms with Gasteiger partial charge in [-0.05, 0) is 20.3 Å². The van der Waals surface area contributed by atoms with Crippen LogP contribution < -0.4 is 10.6 Å². The number of hydrogen-bond acceptors (Lipinski definition) is 4. The Balaban J connectivity index is 4.33. The fraction of sp³-hybridized carbons (Fsp3) is 0.800. The number of rotatable bonds is 6. The molecule has 0 aliphatic carbocycles. The van der Waals surface area contributed by atoms with Crippen molar-refractivity contribution in [3.05, 3.63) is 0 Å². The molecule has 1 atom stereocenters. The molecule has 0 aromatic carbocycles. The van der Waals surface area contributed by atoms with Gasteiger partial charge in [-0.15, -0.1) is 11.6 Å². The number of carbonyl (C=O) groups excluding carboxylic acids is 2. The summed E-state index contributed by atoms with van der Waals surface area (Å²) in [4.78, 5) is 22.5. The third kappa shape index (κ3) is 6.88. The van der Waals surface area contributed by atoms with Crippen LogP contribution in [0.5, 0.6) is 0 Å². The average Bonchev–Trinajstić information content (AvgIpc) is 2.27. The molecule has 0 bridgehead atoms. The fourth-order valence-electron chi connectivity index (χ4n) is 1.05. The molecule has 0 heterocycles. The number of nitrogens with one attached hydrogen (secondary N) is 2. The van der Waals surface area contributed by atoms with E-state index in [0.29, 0.717) is 6.42 Å². The molecule has 0 aliphatic rings. The fourth-order valence-corrected chi connectivity index (χ4v) is 1.18. The first kappa shape index (κ1) is 15.8. The minimum Gasteiger partial charge on any atom is -0.450 e. The highest BCUT2D eigenvalue weighted by atomic mass is 35.5. The Bertz CT molecular complexity index is 230. The van der Waals surface area contributed by atoms with Gasteiger partial charge in [-0.25, -0.2) is 9.59 Å². The standard InChI is InChI=1S/C10H19ClN2O4/c1-4-7(11)8(12-9(14)16-5-2)13-10(15)17-6-3/h7-8H,4-6H2,1-3H3,(H,12,14)(H,13,15). The van der Waals surface area contributed by atoms with Crippen molar-refractivity contribution in [3.8, 4) is 0 Å². The van der Waals surface area contributed by atoms with Gasteiger partial charge in [-0.1, -0.05) is 6.92 Å². The molecule has 0 fully saturated rings. The summed E-state index contributed by atoms with van der Waals surface area (Å²) in [6.45, 7) is 5.70. The van der Waals surface area contributed by atoms with E-state index in [-0.39, 0.29) is 13.2 Å². The number of amides is 2. The highest BCUT2D eigenvalue weighted by molar-refractivity contribution is 6.21. The Labute approximate surface area is 106 Å². The molecule has 0 saturated heterocycles. The Hall–Kier alpha value is -1.17. The summed E-state index contributed by atoms with van der Waals surface area (Å²) in [6, 6.07) is 0. The minimum atomic E-state index is -0.722. The first-order chi connectivity index (χ1) is 8.04. The first-order valence-corrected chi connectivity index (χ1v) is 5.99. The van der Waals surface area contributed by atoms with Gasteiger partial charge < -0.3 is 9.47 Å². The van der Waals surface area contributed by atoms with E-state index in [1.807, 2.05) is 6.92 Å². The molecule has 2 N–H and O–H groups in total. The van der Waals surface area contributed by atoms with Gasteiger partial charge >= 0.3 is 12.2 Å². The largest absolute Gasteiger partial charge is 0.450 e. The van der Waals surface area contributed by atoms with Crippen LogP contribution in [0.2, 0.25) is 0 Å². The average molecular weight is 267 g/mol. The third-order valence-electron chi connectivity index (χ3n) is 1.85. The van der Waals surface area contributed by atoms with E-state index < -0.39 is 23.7 Å². The molecule has 1 unspecified atom stereocenters. The lowest BCUT2D eigenvalue weighted by atomic mass is 10.2. The quantitative estimate of drug-likeness (QED) is 0.568. The lowest BCUT2D eigenvalue weighted by Gasteiger charge is -2.22. The second-order valence-electron chi connectivity index (χ2n) is 3.13. The van der Waals surface area contributed by atoms with Gasteiger partial charge in [0.05, 0.1) is 18.6 Å². The third-order valence-corrected chi connectivity index (χ3v) is 2.41. The minimum absolute atomic E-state index is 0.247. The van der Waals surface area contributed by atoms with Crippen LogP contribution in [0.3, 0.4) is 0 Å². The predicted molar refractivity (Wildman–Crippen MR) is 64.0 cm³/mol. The molecule has 0 aromatic heterocycles. The molecule has 0 aliphatic heterocycles. The first-order valence-electron chi connectivity index (χ1n) is 5.55. The number of halogens is 1. The van der Waals surface area contributed by atoms with Gasteiger partial charge in [0.1, 0.15) is 6.17 Å². The van der Waals surface area contributed by atoms with Gasteiger partial charge in [0, 0.05) is 0 Å². The lowest BCUT2D eigenvalue weighted by Crippen LogP contribution is -2.53. The van der Waals surface area contributed by atoms with Gasteiger partial charge in [-0.3, -0.25) is 10.6 Å². The summed E-state index contributed by atoms with van der Waals surface area (Å²) < 4.78 is 9.42. The molecule has 0 rings (SSSR count). The van der Waals surface area contributed by atoms with Crippen LogP contribution in [0.4, 0.5) is 9.59 Å². The summed E-state index contributed by atoms with van der Waals surface area (Å²) in [5.74, 6) is 0. The van der Waals surface area contributed by atoms with Crippen molar-refractivity contribution in [2.24, 2.45) is 0 Å². The van der Waals surface area contributed by atoms with Crippen LogP contribution in [0.25, 0.3) is 0 Å². The maximum Gasteiger partial charge on any atom is 0.408 e. The summed E-state index contributed by atoms with van der Waals surface area (Å²) in [5.41, 5.74) is 0. The molecule has 17 heavy (non-hydrogen) atoms. The van der Waals surface area contributed by atoms with Crippen molar-refractivity contribution in [2.75, 3.05) is 13.2 Å². The van der Waals surface area contributed by atoms with Crippen LogP contribution in [0.1, 0.15) is 27.2 Å². The molecular weight excluding hydrogens is 248 g/mol. The Morgan fingerprint density at radius 3 is 1.76 bits per heavy atom. The lowest BCUT2D eigenvalue weighted by molar-refractivity contribution is 0.134. The molecule has 0 saturated carbocycles. The molecular formula is C10H19ClN2O4. The van der Waals surface area contributed by atoms with Crippen LogP contribution >= 0.6 is 11.6 Å². The molecule has 0 radical (unpaired) electrons. The molecule has 2 amide bonds. The van der Waals surface area contributed by atoms with E-state index in [2.05, 4.69) is 10.6 Å². The monoisotopic (exact) mass is 266 g/mol. The zero-order valence-electron chi connectivity index (χ0n) is 10.3. The van der Waals surface area contributed by atoms with E-state index in [1.54, 1.807) is 13.8 Å². The molecule has 0 spiro atoms. The van der Waals surface area contributed by atoms with Crippen molar-refractivity contribution in [1.29, 1.82) is 0 Å². The van der Waals surface area contributed by atoms with Crippen molar-refractivity contribution in [2.45, 2.75) is 38.7 Å². The number of ether oxygens (including phenoxy) is 2. The SMILES string of the molecule is CCOC(=O)NC(NC(=O)OCC)C(Cl)CC. The Kier molecular flexibility index (Phi) is 8.31. The molecule has 100 valence electrons. The summed E-state index contributed by atoms with van der Waals surface area (Å²) in [6.07, 6.45) is -1.41. The summed E-state index contributed by atoms with van der Waals surface area (Å²) >= 11 is 5.98. The maximum absolute atomic E-state index is 11.2. The zero-order chi connectivity index (χ0) is 13.3. The number of alkyl halides is 1. The van der Waals surface area contributed by atoms with Crippen LogP contribution in [0.15, 0.2) is 0 Å². The number of alkyl carbamates (subject to hydrolysis) is 2. The van der Waals surface area contributed by atoms with Crippen LogP contribution in [-0.4, -0.2) is 36.9 Å². The number of hydrogen-bond donors (Lipinski definition) is 2. The van der Waals surface area contributed by atoms with Crippen molar-refractivity contribution < 1.29 is 19.1 Å². The summed E-state index contributed by atoms with van der Waals surface area (Å²) in [5, 5.41) is 4.46. The van der Waals surface area contributed by atoms with Gasteiger partial charge in [-0.2, -0.15) is 0 Å². The van der Waals surface area contributed by atoms with E-state index in [0.717, 1.165) is 0 Å². The predicted octanol–water partition coefficient (Wildman–Crippen LogP) is 1.82. The Morgan fingerprint density at radius 1 is 1.06 bits per heavy atom. The second kappa shape index (κ2) is 8.92. The van der Waals surface area contributed by atoms with Crippen molar-refractivity contribution >= 4 is 23.8 Å². The van der Waals surface area contributed by atoms with E-state index >= 15 is 0 Å². The van der Waals surface area contributed by atoms with Crippen molar-refractivity contribution in [3.63, 3.8) is 0 Å². The topological polar surface area (TPSA) is 76.7 Å². The highest BCUT2D eigenvalue weighted by Gasteiger charge is 2.22.